The summed E-state index contributed by atoms with van der Waals surface area (Å²) in [7, 11) is 0. The van der Waals surface area contributed by atoms with Crippen molar-refractivity contribution in [3.05, 3.63) is 44.3 Å². The Balaban J connectivity index is 2.67. The Bertz CT molecular complexity index is 240. The SMILES string of the molecule is [N-]=[N+]=N[I-]c1ccccc1. The average Bonchev–Trinajstić information content (AvgIpc) is 2.03. The second-order valence-electron chi connectivity index (χ2n) is 1.55. The van der Waals surface area contributed by atoms with Gasteiger partial charge in [-0.3, -0.25) is 0 Å². The average molecular weight is 246 g/mol. The summed E-state index contributed by atoms with van der Waals surface area (Å²) >= 11 is -0.465. The van der Waals surface area contributed by atoms with Gasteiger partial charge in [-0.25, -0.2) is 0 Å². The molecule has 10 heavy (non-hydrogen) atoms. The summed E-state index contributed by atoms with van der Waals surface area (Å²) in [4.78, 5) is 2.70. The molecule has 0 unspecified atom stereocenters. The summed E-state index contributed by atoms with van der Waals surface area (Å²) in [5.74, 6) is 0. The molecule has 1 rings (SSSR count). The summed E-state index contributed by atoms with van der Waals surface area (Å²) in [6, 6.07) is 9.79. The molecule has 0 spiro atoms. The van der Waals surface area contributed by atoms with Gasteiger partial charge in [0.15, 0.2) is 0 Å². The van der Waals surface area contributed by atoms with Crippen LogP contribution in [0.25, 0.3) is 10.4 Å². The Hall–Kier alpha value is -0.740. The summed E-state index contributed by atoms with van der Waals surface area (Å²) in [6.07, 6.45) is 0. The van der Waals surface area contributed by atoms with Gasteiger partial charge in [-0.15, -0.1) is 0 Å². The molecule has 0 aliphatic carbocycles. The van der Waals surface area contributed by atoms with Crippen LogP contribution >= 0.6 is 0 Å². The topological polar surface area (TPSA) is 48.8 Å². The predicted molar refractivity (Wildman–Crippen MR) is 34.3 cm³/mol. The van der Waals surface area contributed by atoms with Crippen molar-refractivity contribution < 1.29 is 21.5 Å². The van der Waals surface area contributed by atoms with Gasteiger partial charge >= 0.3 is 69.2 Å². The molecule has 4 heteroatoms. The van der Waals surface area contributed by atoms with Gasteiger partial charge in [0.25, 0.3) is 0 Å². The van der Waals surface area contributed by atoms with E-state index in [1.807, 2.05) is 30.3 Å². The number of halogens is 1. The maximum atomic E-state index is 8.01. The molecule has 0 fully saturated rings. The minimum atomic E-state index is -0.465. The molecule has 0 saturated heterocycles. The van der Waals surface area contributed by atoms with Gasteiger partial charge < -0.3 is 0 Å². The predicted octanol–water partition coefficient (Wildman–Crippen LogP) is -0.830. The molecular formula is C6H5IN3-. The first-order valence-corrected chi connectivity index (χ1v) is 4.71. The minimum absolute atomic E-state index is 0.465. The van der Waals surface area contributed by atoms with Crippen LogP contribution in [0.4, 0.5) is 0 Å². The van der Waals surface area contributed by atoms with E-state index in [1.165, 1.54) is 0 Å². The summed E-state index contributed by atoms with van der Waals surface area (Å²) in [6.45, 7) is 0. The van der Waals surface area contributed by atoms with E-state index in [9.17, 15) is 0 Å². The van der Waals surface area contributed by atoms with E-state index in [0.717, 1.165) is 3.57 Å². The van der Waals surface area contributed by atoms with Gasteiger partial charge in [-0.2, -0.15) is 0 Å². The number of hydrogen-bond donors (Lipinski definition) is 0. The van der Waals surface area contributed by atoms with Crippen molar-refractivity contribution in [1.29, 1.82) is 0 Å². The quantitative estimate of drug-likeness (QED) is 0.283. The standard InChI is InChI=1S/C6H5IN3/c8-10-9-7-6-4-2-1-3-5-6/h1-5H/q-1. The fourth-order valence-electron chi connectivity index (χ4n) is 0.532. The summed E-state index contributed by atoms with van der Waals surface area (Å²) in [5.41, 5.74) is 8.01. The first kappa shape index (κ1) is 7.37. The van der Waals surface area contributed by atoms with Crippen LogP contribution in [0, 0.1) is 3.57 Å². The number of hydrogen-bond acceptors (Lipinski definition) is 1. The van der Waals surface area contributed by atoms with Gasteiger partial charge in [0, 0.05) is 0 Å². The first-order valence-electron chi connectivity index (χ1n) is 2.67. The molecule has 0 aliphatic heterocycles. The molecule has 0 heterocycles. The first-order chi connectivity index (χ1) is 4.93. The zero-order valence-electron chi connectivity index (χ0n) is 5.11. The van der Waals surface area contributed by atoms with E-state index in [4.69, 9.17) is 5.53 Å². The van der Waals surface area contributed by atoms with Crippen molar-refractivity contribution in [1.82, 2.24) is 0 Å². The second-order valence-corrected chi connectivity index (χ2v) is 3.70. The number of rotatable bonds is 2. The molecule has 1 aromatic carbocycles. The van der Waals surface area contributed by atoms with Gasteiger partial charge in [0.05, 0.1) is 0 Å². The molecule has 52 valence electrons. The Morgan fingerprint density at radius 3 is 2.60 bits per heavy atom. The van der Waals surface area contributed by atoms with Crippen LogP contribution in [-0.2, 0) is 0 Å². The van der Waals surface area contributed by atoms with Gasteiger partial charge in [-0.05, 0) is 0 Å². The van der Waals surface area contributed by atoms with E-state index in [2.05, 4.69) is 8.24 Å². The Kier molecular flexibility index (Phi) is 3.05. The number of azide groups is 1. The van der Waals surface area contributed by atoms with Crippen LogP contribution in [0.5, 0.6) is 0 Å². The molecule has 0 saturated carbocycles. The third-order valence-electron chi connectivity index (χ3n) is 0.902. The van der Waals surface area contributed by atoms with Crippen LogP contribution in [0.1, 0.15) is 0 Å². The molecule has 0 atom stereocenters. The monoisotopic (exact) mass is 246 g/mol. The van der Waals surface area contributed by atoms with Crippen LogP contribution in [0.2, 0.25) is 0 Å². The maximum absolute atomic E-state index is 8.01. The van der Waals surface area contributed by atoms with E-state index >= 15 is 0 Å². The summed E-state index contributed by atoms with van der Waals surface area (Å²) < 4.78 is 4.68. The fraction of sp³-hybridized carbons (Fsp3) is 0. The third kappa shape index (κ3) is 2.24. The normalized spacial score (nSPS) is 8.80. The van der Waals surface area contributed by atoms with Crippen LogP contribution in [-0.4, -0.2) is 0 Å². The van der Waals surface area contributed by atoms with Crippen molar-refractivity contribution in [3.8, 4) is 0 Å². The van der Waals surface area contributed by atoms with Crippen molar-refractivity contribution in [2.45, 2.75) is 0 Å². The molecule has 0 N–H and O–H groups in total. The van der Waals surface area contributed by atoms with Gasteiger partial charge in [0.1, 0.15) is 0 Å². The molecule has 0 aromatic heterocycles. The second kappa shape index (κ2) is 4.14. The fourth-order valence-corrected chi connectivity index (χ4v) is 1.61. The third-order valence-corrected chi connectivity index (χ3v) is 2.59. The summed E-state index contributed by atoms with van der Waals surface area (Å²) in [5, 5.41) is 0. The van der Waals surface area contributed by atoms with E-state index < -0.39 is 21.5 Å². The molecule has 0 amide bonds. The molecule has 1 aromatic rings. The van der Waals surface area contributed by atoms with Crippen LogP contribution in [0.3, 0.4) is 0 Å². The van der Waals surface area contributed by atoms with E-state index in [-0.39, 0.29) is 0 Å². The van der Waals surface area contributed by atoms with E-state index in [1.54, 1.807) is 0 Å². The Morgan fingerprint density at radius 1 is 1.30 bits per heavy atom. The van der Waals surface area contributed by atoms with E-state index in [0.29, 0.717) is 0 Å². The zero-order chi connectivity index (χ0) is 7.23. The molecule has 3 nitrogen and oxygen atoms in total. The van der Waals surface area contributed by atoms with Crippen molar-refractivity contribution in [2.75, 3.05) is 0 Å². The van der Waals surface area contributed by atoms with Gasteiger partial charge in [0.2, 0.25) is 0 Å². The molecule has 0 radical (unpaired) electrons. The molecule has 0 aliphatic rings. The van der Waals surface area contributed by atoms with Crippen molar-refractivity contribution in [2.24, 2.45) is 3.33 Å². The van der Waals surface area contributed by atoms with Crippen molar-refractivity contribution >= 4 is 0 Å². The number of benzene rings is 1. The zero-order valence-corrected chi connectivity index (χ0v) is 7.26. The van der Waals surface area contributed by atoms with Gasteiger partial charge in [-0.1, -0.05) is 0 Å². The van der Waals surface area contributed by atoms with Crippen molar-refractivity contribution in [3.63, 3.8) is 0 Å². The Labute approximate surface area is 69.3 Å². The number of nitrogens with zero attached hydrogens (tertiary/aromatic N) is 3. The van der Waals surface area contributed by atoms with Crippen LogP contribution < -0.4 is 21.5 Å². The Morgan fingerprint density at radius 2 is 2.00 bits per heavy atom. The molecule has 0 bridgehead atoms. The molecular weight excluding hydrogens is 241 g/mol. The van der Waals surface area contributed by atoms with Crippen LogP contribution in [0.15, 0.2) is 33.7 Å².